The Morgan fingerprint density at radius 1 is 1.18 bits per heavy atom. The number of aromatic nitrogens is 4. The van der Waals surface area contributed by atoms with Crippen LogP contribution in [0.15, 0.2) is 47.6 Å². The van der Waals surface area contributed by atoms with E-state index in [2.05, 4.69) is 41.5 Å². The number of aryl methyl sites for hydroxylation is 2. The predicted molar refractivity (Wildman–Crippen MR) is 111 cm³/mol. The highest BCUT2D eigenvalue weighted by molar-refractivity contribution is 8.00. The van der Waals surface area contributed by atoms with Crippen molar-refractivity contribution >= 4 is 23.4 Å². The Bertz CT molecular complexity index is 1030. The van der Waals surface area contributed by atoms with Gasteiger partial charge >= 0.3 is 0 Å². The van der Waals surface area contributed by atoms with Gasteiger partial charge in [0.1, 0.15) is 0 Å². The first-order valence-corrected chi connectivity index (χ1v) is 10.3. The first kappa shape index (κ1) is 18.7. The minimum absolute atomic E-state index is 0.0811. The number of benzene rings is 2. The molecule has 144 valence electrons. The number of hydrogen-bond acceptors (Lipinski definition) is 5. The Morgan fingerprint density at radius 3 is 2.75 bits per heavy atom. The van der Waals surface area contributed by atoms with Gasteiger partial charge in [0.2, 0.25) is 11.1 Å². The molecule has 0 fully saturated rings. The number of carbonyl (C=O) groups is 1. The highest BCUT2D eigenvalue weighted by Gasteiger charge is 2.34. The average Bonchev–Trinajstić information content (AvgIpc) is 3.24. The van der Waals surface area contributed by atoms with Crippen molar-refractivity contribution in [2.45, 2.75) is 50.6 Å². The van der Waals surface area contributed by atoms with Gasteiger partial charge in [0, 0.05) is 11.7 Å². The maximum absolute atomic E-state index is 13.2. The largest absolute Gasteiger partial charge is 0.308 e. The molecule has 0 spiro atoms. The molecule has 1 aliphatic rings. The highest BCUT2D eigenvalue weighted by atomic mass is 32.2. The molecule has 3 aromatic rings. The second-order valence-corrected chi connectivity index (χ2v) is 8.62. The van der Waals surface area contributed by atoms with Crippen LogP contribution in [0.4, 0.5) is 5.69 Å². The Kier molecular flexibility index (Phi) is 4.93. The fraction of sp³-hybridized carbons (Fsp3) is 0.333. The third-order valence-corrected chi connectivity index (χ3v) is 6.12. The summed E-state index contributed by atoms with van der Waals surface area (Å²) in [6.45, 7) is 8.11. The zero-order valence-electron chi connectivity index (χ0n) is 16.5. The molecule has 4 rings (SSSR count). The van der Waals surface area contributed by atoms with Gasteiger partial charge < -0.3 is 4.90 Å². The summed E-state index contributed by atoms with van der Waals surface area (Å²) in [5.41, 5.74) is 5.45. The number of carbonyl (C=O) groups excluding carboxylic acids is 1. The summed E-state index contributed by atoms with van der Waals surface area (Å²) >= 11 is 1.39. The zero-order valence-corrected chi connectivity index (χ0v) is 17.3. The lowest BCUT2D eigenvalue weighted by Gasteiger charge is -2.25. The normalized spacial score (nSPS) is 16.9. The van der Waals surface area contributed by atoms with Crippen molar-refractivity contribution in [1.82, 2.24) is 20.2 Å². The number of rotatable bonds is 4. The summed E-state index contributed by atoms with van der Waals surface area (Å²) in [5, 5.41) is 12.5. The lowest BCUT2D eigenvalue weighted by Crippen LogP contribution is -2.40. The Labute approximate surface area is 168 Å². The van der Waals surface area contributed by atoms with Crippen molar-refractivity contribution < 1.29 is 4.79 Å². The van der Waals surface area contributed by atoms with Gasteiger partial charge in [-0.15, -0.1) is 5.10 Å². The van der Waals surface area contributed by atoms with Gasteiger partial charge in [-0.2, -0.15) is 4.68 Å². The quantitative estimate of drug-likeness (QED) is 0.632. The van der Waals surface area contributed by atoms with E-state index in [9.17, 15) is 4.79 Å². The van der Waals surface area contributed by atoms with Crippen LogP contribution in [0.2, 0.25) is 0 Å². The Balaban J connectivity index is 1.58. The molecule has 2 atom stereocenters. The molecule has 0 unspecified atom stereocenters. The van der Waals surface area contributed by atoms with Gasteiger partial charge in [0.05, 0.1) is 10.9 Å². The molecule has 7 heteroatoms. The van der Waals surface area contributed by atoms with E-state index in [0.29, 0.717) is 5.16 Å². The molecule has 0 bridgehead atoms. The van der Waals surface area contributed by atoms with Gasteiger partial charge in [0.25, 0.3) is 0 Å². The average molecular weight is 394 g/mol. The topological polar surface area (TPSA) is 63.9 Å². The lowest BCUT2D eigenvalue weighted by molar-refractivity contribution is -0.118. The first-order chi connectivity index (χ1) is 13.5. The monoisotopic (exact) mass is 393 g/mol. The smallest absolute Gasteiger partial charge is 0.240 e. The number of para-hydroxylation sites is 1. The molecule has 2 aromatic carbocycles. The van der Waals surface area contributed by atoms with Crippen LogP contribution in [-0.4, -0.2) is 37.4 Å². The van der Waals surface area contributed by atoms with Crippen LogP contribution >= 0.6 is 11.8 Å². The van der Waals surface area contributed by atoms with E-state index in [1.165, 1.54) is 22.9 Å². The third-order valence-electron chi connectivity index (χ3n) is 5.10. The molecule has 0 saturated heterocycles. The van der Waals surface area contributed by atoms with Gasteiger partial charge in [0.15, 0.2) is 0 Å². The second kappa shape index (κ2) is 7.39. The van der Waals surface area contributed by atoms with Crippen molar-refractivity contribution in [2.24, 2.45) is 0 Å². The molecule has 1 aromatic heterocycles. The van der Waals surface area contributed by atoms with Crippen LogP contribution < -0.4 is 4.90 Å². The van der Waals surface area contributed by atoms with Crippen molar-refractivity contribution in [3.8, 4) is 5.69 Å². The second-order valence-electron chi connectivity index (χ2n) is 7.31. The molecule has 0 aliphatic carbocycles. The minimum Gasteiger partial charge on any atom is -0.308 e. The molecule has 1 aliphatic heterocycles. The molecule has 1 amide bonds. The summed E-state index contributed by atoms with van der Waals surface area (Å²) in [6.07, 6.45) is 0.888. The van der Waals surface area contributed by atoms with E-state index in [-0.39, 0.29) is 17.2 Å². The molecule has 28 heavy (non-hydrogen) atoms. The first-order valence-electron chi connectivity index (χ1n) is 9.39. The van der Waals surface area contributed by atoms with Crippen LogP contribution in [0, 0.1) is 13.8 Å². The predicted octanol–water partition coefficient (Wildman–Crippen LogP) is 3.74. The van der Waals surface area contributed by atoms with E-state index in [0.717, 1.165) is 23.4 Å². The van der Waals surface area contributed by atoms with Crippen LogP contribution in [-0.2, 0) is 11.2 Å². The molecule has 0 N–H and O–H groups in total. The van der Waals surface area contributed by atoms with E-state index in [1.807, 2.05) is 49.1 Å². The van der Waals surface area contributed by atoms with Gasteiger partial charge in [-0.25, -0.2) is 0 Å². The number of hydrogen-bond donors (Lipinski definition) is 0. The minimum atomic E-state index is -0.302. The summed E-state index contributed by atoms with van der Waals surface area (Å²) in [7, 11) is 0. The van der Waals surface area contributed by atoms with Gasteiger partial charge in [-0.05, 0) is 67.8 Å². The maximum Gasteiger partial charge on any atom is 0.240 e. The third kappa shape index (κ3) is 3.30. The van der Waals surface area contributed by atoms with Crippen molar-refractivity contribution in [2.75, 3.05) is 4.90 Å². The molecule has 6 nitrogen and oxygen atoms in total. The molecule has 0 saturated carbocycles. The van der Waals surface area contributed by atoms with Crippen LogP contribution in [0.1, 0.15) is 30.5 Å². The Hall–Kier alpha value is -2.67. The number of fused-ring (bicyclic) bond motifs is 1. The maximum atomic E-state index is 13.2. The van der Waals surface area contributed by atoms with E-state index >= 15 is 0 Å². The fourth-order valence-corrected chi connectivity index (χ4v) is 4.60. The summed E-state index contributed by atoms with van der Waals surface area (Å²) in [6, 6.07) is 14.4. The number of nitrogens with zero attached hydrogens (tertiary/aromatic N) is 5. The SMILES string of the molecule is Cc1ccc(-n2nnnc2S[C@@H](C)C(=O)N2c3ccccc3C[C@H]2C)c(C)c1. The van der Waals surface area contributed by atoms with E-state index < -0.39 is 0 Å². The molecule has 0 radical (unpaired) electrons. The number of amides is 1. The molecular formula is C21H23N5OS. The van der Waals surface area contributed by atoms with Gasteiger partial charge in [-0.3, -0.25) is 4.79 Å². The van der Waals surface area contributed by atoms with Gasteiger partial charge in [-0.1, -0.05) is 47.7 Å². The van der Waals surface area contributed by atoms with E-state index in [1.54, 1.807) is 4.68 Å². The highest BCUT2D eigenvalue weighted by Crippen LogP contribution is 2.34. The fourth-order valence-electron chi connectivity index (χ4n) is 3.75. The standard InChI is InChI=1S/C21H23N5OS/c1-13-9-10-18(14(2)11-13)26-21(22-23-24-26)28-16(4)20(27)25-15(3)12-17-7-5-6-8-19(17)25/h5-11,15-16H,12H2,1-4H3/t15-,16+/m1/s1. The zero-order chi connectivity index (χ0) is 19.8. The van der Waals surface area contributed by atoms with Crippen LogP contribution in [0.3, 0.4) is 0 Å². The summed E-state index contributed by atoms with van der Waals surface area (Å²) in [4.78, 5) is 15.1. The van der Waals surface area contributed by atoms with Crippen molar-refractivity contribution in [3.05, 3.63) is 59.2 Å². The van der Waals surface area contributed by atoms with Crippen molar-refractivity contribution in [1.29, 1.82) is 0 Å². The number of thioether (sulfide) groups is 1. The lowest BCUT2D eigenvalue weighted by atomic mass is 10.1. The molecular weight excluding hydrogens is 370 g/mol. The number of tetrazole rings is 1. The summed E-state index contributed by atoms with van der Waals surface area (Å²) < 4.78 is 1.71. The summed E-state index contributed by atoms with van der Waals surface area (Å²) in [5.74, 6) is 0.0811. The van der Waals surface area contributed by atoms with E-state index in [4.69, 9.17) is 0 Å². The number of anilines is 1. The van der Waals surface area contributed by atoms with Crippen LogP contribution in [0.5, 0.6) is 0 Å². The van der Waals surface area contributed by atoms with Crippen LogP contribution in [0.25, 0.3) is 5.69 Å². The van der Waals surface area contributed by atoms with Crippen molar-refractivity contribution in [3.63, 3.8) is 0 Å². The Morgan fingerprint density at radius 2 is 1.96 bits per heavy atom. The molecule has 2 heterocycles.